The molecule has 0 aliphatic carbocycles. The minimum atomic E-state index is -2.06. The zero-order chi connectivity index (χ0) is 15.9. The molecule has 0 saturated heterocycles. The first-order valence-electron chi connectivity index (χ1n) is 6.40. The van der Waals surface area contributed by atoms with E-state index in [1.54, 1.807) is 12.1 Å². The van der Waals surface area contributed by atoms with Crippen LogP contribution in [-0.4, -0.2) is 21.8 Å². The number of rotatable bonds is 3. The van der Waals surface area contributed by atoms with Gasteiger partial charge in [-0.2, -0.15) is 0 Å². The Bertz CT molecular complexity index is 780. The van der Waals surface area contributed by atoms with Gasteiger partial charge in [-0.15, -0.1) is 0 Å². The number of nitrogens with zero attached hydrogens (tertiary/aromatic N) is 1. The second-order valence-corrected chi connectivity index (χ2v) is 5.72. The van der Waals surface area contributed by atoms with E-state index in [1.807, 2.05) is 0 Å². The van der Waals surface area contributed by atoms with Crippen LogP contribution in [0.25, 0.3) is 0 Å². The standard InChI is InChI=1S/C15H10Cl2N2O3/c16-8-4-5-9(17)13-12(8)15(22,14(21)19-13)7-11(20)10-3-1-2-6-18-10/h1-6,22H,7H2,(H,19,21)/t15-/m1/s1. The van der Waals surface area contributed by atoms with Gasteiger partial charge in [0, 0.05) is 16.8 Å². The van der Waals surface area contributed by atoms with E-state index in [4.69, 9.17) is 23.2 Å². The molecule has 1 aliphatic rings. The van der Waals surface area contributed by atoms with Gasteiger partial charge in [0.05, 0.1) is 17.1 Å². The van der Waals surface area contributed by atoms with E-state index in [1.165, 1.54) is 24.4 Å². The molecule has 1 aromatic carbocycles. The number of ketones is 1. The Hall–Kier alpha value is -1.95. The van der Waals surface area contributed by atoms with E-state index in [0.29, 0.717) is 0 Å². The van der Waals surface area contributed by atoms with E-state index in [9.17, 15) is 14.7 Å². The van der Waals surface area contributed by atoms with Crippen molar-refractivity contribution in [3.63, 3.8) is 0 Å². The molecule has 0 radical (unpaired) electrons. The van der Waals surface area contributed by atoms with Crippen LogP contribution in [0, 0.1) is 0 Å². The summed E-state index contributed by atoms with van der Waals surface area (Å²) in [6.45, 7) is 0. The number of hydrogen-bond acceptors (Lipinski definition) is 4. The third-order valence-corrected chi connectivity index (χ3v) is 4.13. The summed E-state index contributed by atoms with van der Waals surface area (Å²) in [5.41, 5.74) is -1.55. The Kier molecular flexibility index (Phi) is 3.64. The lowest BCUT2D eigenvalue weighted by molar-refractivity contribution is -0.133. The van der Waals surface area contributed by atoms with Gasteiger partial charge in [-0.25, -0.2) is 0 Å². The molecule has 2 heterocycles. The van der Waals surface area contributed by atoms with Gasteiger partial charge in [-0.05, 0) is 24.3 Å². The maximum Gasteiger partial charge on any atom is 0.261 e. The molecule has 0 spiro atoms. The minimum absolute atomic E-state index is 0.121. The lowest BCUT2D eigenvalue weighted by Gasteiger charge is -2.20. The van der Waals surface area contributed by atoms with Gasteiger partial charge in [0.1, 0.15) is 5.69 Å². The number of anilines is 1. The molecular formula is C15H10Cl2N2O3. The summed E-state index contributed by atoms with van der Waals surface area (Å²) < 4.78 is 0. The van der Waals surface area contributed by atoms with Crippen molar-refractivity contribution in [3.8, 4) is 0 Å². The highest BCUT2D eigenvalue weighted by molar-refractivity contribution is 6.38. The fourth-order valence-electron chi connectivity index (χ4n) is 2.43. The molecule has 3 rings (SSSR count). The van der Waals surface area contributed by atoms with Crippen LogP contribution in [0.4, 0.5) is 5.69 Å². The summed E-state index contributed by atoms with van der Waals surface area (Å²) in [7, 11) is 0. The van der Waals surface area contributed by atoms with E-state index in [0.717, 1.165) is 0 Å². The average Bonchev–Trinajstić information content (AvgIpc) is 2.77. The summed E-state index contributed by atoms with van der Waals surface area (Å²) >= 11 is 12.1. The van der Waals surface area contributed by atoms with Gasteiger partial charge >= 0.3 is 0 Å². The number of hydrogen-bond donors (Lipinski definition) is 2. The normalized spacial score (nSPS) is 19.7. The monoisotopic (exact) mass is 336 g/mol. The Morgan fingerprint density at radius 2 is 1.95 bits per heavy atom. The molecule has 7 heteroatoms. The molecule has 0 fully saturated rings. The highest BCUT2D eigenvalue weighted by atomic mass is 35.5. The van der Waals surface area contributed by atoms with Crippen molar-refractivity contribution in [1.29, 1.82) is 0 Å². The van der Waals surface area contributed by atoms with Crippen molar-refractivity contribution < 1.29 is 14.7 Å². The molecule has 5 nitrogen and oxygen atoms in total. The van der Waals surface area contributed by atoms with Crippen LogP contribution in [0.2, 0.25) is 10.0 Å². The topological polar surface area (TPSA) is 79.3 Å². The van der Waals surface area contributed by atoms with Crippen LogP contribution in [0.3, 0.4) is 0 Å². The quantitative estimate of drug-likeness (QED) is 0.844. The number of carbonyl (C=O) groups is 2. The SMILES string of the molecule is O=C(C[C@]1(O)C(=O)Nc2c(Cl)ccc(Cl)c21)c1ccccn1. The maximum atomic E-state index is 12.3. The number of amides is 1. The predicted octanol–water partition coefficient (Wildman–Crippen LogP) is 2.80. The molecular weight excluding hydrogens is 327 g/mol. The summed E-state index contributed by atoms with van der Waals surface area (Å²) in [4.78, 5) is 28.4. The van der Waals surface area contributed by atoms with Crippen LogP contribution >= 0.6 is 23.2 Å². The second kappa shape index (κ2) is 5.35. The van der Waals surface area contributed by atoms with Gasteiger partial charge in [0.15, 0.2) is 11.4 Å². The highest BCUT2D eigenvalue weighted by Gasteiger charge is 2.49. The molecule has 2 aromatic rings. The van der Waals surface area contributed by atoms with Crippen LogP contribution in [0.15, 0.2) is 36.5 Å². The molecule has 1 amide bonds. The minimum Gasteiger partial charge on any atom is -0.375 e. The number of carbonyl (C=O) groups excluding carboxylic acids is 2. The molecule has 22 heavy (non-hydrogen) atoms. The second-order valence-electron chi connectivity index (χ2n) is 4.91. The Morgan fingerprint density at radius 3 is 2.64 bits per heavy atom. The van der Waals surface area contributed by atoms with Gasteiger partial charge in [-0.1, -0.05) is 29.3 Å². The summed E-state index contributed by atoms with van der Waals surface area (Å²) in [5.74, 6) is -1.20. The molecule has 112 valence electrons. The fourth-order valence-corrected chi connectivity index (χ4v) is 2.95. The smallest absolute Gasteiger partial charge is 0.261 e. The van der Waals surface area contributed by atoms with E-state index in [-0.39, 0.29) is 27.0 Å². The largest absolute Gasteiger partial charge is 0.375 e. The Morgan fingerprint density at radius 1 is 1.23 bits per heavy atom. The predicted molar refractivity (Wildman–Crippen MR) is 82.2 cm³/mol. The number of nitrogens with one attached hydrogen (secondary N) is 1. The lowest BCUT2D eigenvalue weighted by atomic mass is 9.89. The summed E-state index contributed by atoms with van der Waals surface area (Å²) in [5, 5.41) is 13.6. The number of halogens is 2. The molecule has 0 saturated carbocycles. The van der Waals surface area contributed by atoms with Crippen molar-refractivity contribution in [2.45, 2.75) is 12.0 Å². The summed E-state index contributed by atoms with van der Waals surface area (Å²) in [6.07, 6.45) is 0.993. The van der Waals surface area contributed by atoms with Gasteiger partial charge in [-0.3, -0.25) is 14.6 Å². The molecule has 1 aromatic heterocycles. The first-order chi connectivity index (χ1) is 10.4. The molecule has 1 aliphatic heterocycles. The van der Waals surface area contributed by atoms with Crippen LogP contribution in [-0.2, 0) is 10.4 Å². The molecule has 0 unspecified atom stereocenters. The van der Waals surface area contributed by atoms with Crippen LogP contribution in [0.5, 0.6) is 0 Å². The number of pyridine rings is 1. The number of fused-ring (bicyclic) bond motifs is 1. The van der Waals surface area contributed by atoms with Crippen molar-refractivity contribution in [1.82, 2.24) is 4.98 Å². The molecule has 0 bridgehead atoms. The first-order valence-corrected chi connectivity index (χ1v) is 7.15. The van der Waals surface area contributed by atoms with Crippen LogP contribution < -0.4 is 5.32 Å². The molecule has 1 atom stereocenters. The van der Waals surface area contributed by atoms with Crippen molar-refractivity contribution in [3.05, 3.63) is 57.8 Å². The maximum absolute atomic E-state index is 12.3. The number of aromatic nitrogens is 1. The Labute approximate surface area is 135 Å². The fraction of sp³-hybridized carbons (Fsp3) is 0.133. The van der Waals surface area contributed by atoms with Crippen molar-refractivity contribution in [2.24, 2.45) is 0 Å². The Balaban J connectivity index is 2.03. The van der Waals surface area contributed by atoms with Crippen molar-refractivity contribution >= 4 is 40.6 Å². The summed E-state index contributed by atoms with van der Waals surface area (Å²) in [6, 6.07) is 7.81. The average molecular weight is 337 g/mol. The molecule has 2 N–H and O–H groups in total. The van der Waals surface area contributed by atoms with E-state index >= 15 is 0 Å². The van der Waals surface area contributed by atoms with Gasteiger partial charge in [0.25, 0.3) is 5.91 Å². The number of Topliss-reactive ketones (excluding diaryl/α,β-unsaturated/α-hetero) is 1. The van der Waals surface area contributed by atoms with Gasteiger partial charge < -0.3 is 10.4 Å². The third kappa shape index (κ3) is 2.27. The van der Waals surface area contributed by atoms with Crippen LogP contribution in [0.1, 0.15) is 22.5 Å². The highest BCUT2D eigenvalue weighted by Crippen LogP contribution is 2.46. The third-order valence-electron chi connectivity index (χ3n) is 3.50. The zero-order valence-electron chi connectivity index (χ0n) is 11.1. The van der Waals surface area contributed by atoms with E-state index < -0.39 is 23.7 Å². The van der Waals surface area contributed by atoms with Gasteiger partial charge in [0.2, 0.25) is 0 Å². The number of aliphatic hydroxyl groups is 1. The lowest BCUT2D eigenvalue weighted by Crippen LogP contribution is -2.36. The number of benzene rings is 1. The van der Waals surface area contributed by atoms with E-state index in [2.05, 4.69) is 10.3 Å². The zero-order valence-corrected chi connectivity index (χ0v) is 12.6. The van der Waals surface area contributed by atoms with Crippen molar-refractivity contribution in [2.75, 3.05) is 5.32 Å². The first kappa shape index (κ1) is 15.0.